The van der Waals surface area contributed by atoms with Crippen molar-refractivity contribution in [1.82, 2.24) is 0 Å². The normalized spacial score (nSPS) is 12.3. The van der Waals surface area contributed by atoms with Crippen molar-refractivity contribution in [2.75, 3.05) is 0 Å². The Morgan fingerprint density at radius 3 is 1.83 bits per heavy atom. The van der Waals surface area contributed by atoms with Crippen LogP contribution in [0.1, 0.15) is 51.7 Å². The number of hydrogen-bond donors (Lipinski definition) is 2. The van der Waals surface area contributed by atoms with Gasteiger partial charge in [-0.3, -0.25) is 15.4 Å². The maximum Gasteiger partial charge on any atom is 0.540 e. The monoisotopic (exact) mass is 328 g/mol. The number of ether oxygens (including phenoxy) is 1. The van der Waals surface area contributed by atoms with E-state index in [9.17, 15) is 4.79 Å². The number of benzene rings is 1. The molecule has 0 saturated carbocycles. The molecule has 2 rings (SSSR count). The van der Waals surface area contributed by atoms with Gasteiger partial charge in [-0.2, -0.15) is 4.89 Å². The summed E-state index contributed by atoms with van der Waals surface area (Å²) < 4.78 is 4.61. The van der Waals surface area contributed by atoms with Crippen molar-refractivity contribution in [2.45, 2.75) is 65.6 Å². The second kappa shape index (κ2) is 12.9. The molecule has 0 bridgehead atoms. The first-order valence-corrected chi connectivity index (χ1v) is 7.79. The maximum atomic E-state index is 10.6. The number of hydrogen-bond acceptors (Lipinski definition) is 6. The molecule has 1 aromatic carbocycles. The van der Waals surface area contributed by atoms with Crippen LogP contribution in [0.5, 0.6) is 0 Å². The molecule has 0 aliphatic heterocycles. The minimum Gasteiger partial charge on any atom is -0.430 e. The van der Waals surface area contributed by atoms with E-state index in [0.717, 1.165) is 0 Å². The lowest BCUT2D eigenvalue weighted by molar-refractivity contribution is -0.279. The van der Waals surface area contributed by atoms with Crippen molar-refractivity contribution in [3.05, 3.63) is 35.4 Å². The van der Waals surface area contributed by atoms with Crippen LogP contribution in [0, 0.1) is 0 Å². The first-order chi connectivity index (χ1) is 11.0. The molecule has 1 aliphatic carbocycles. The van der Waals surface area contributed by atoms with Crippen molar-refractivity contribution in [3.63, 3.8) is 0 Å². The van der Waals surface area contributed by atoms with E-state index in [1.54, 1.807) is 38.8 Å². The molecule has 1 aliphatic rings. The largest absolute Gasteiger partial charge is 0.540 e. The van der Waals surface area contributed by atoms with Gasteiger partial charge in [-0.25, -0.2) is 4.79 Å². The average molecular weight is 328 g/mol. The Hall–Kier alpha value is -1.63. The number of carbonyl (C=O) groups excluding carboxylic acids is 1. The Labute approximate surface area is 137 Å². The van der Waals surface area contributed by atoms with Crippen LogP contribution in [0.2, 0.25) is 0 Å². The van der Waals surface area contributed by atoms with Gasteiger partial charge in [0.05, 0.1) is 12.2 Å². The maximum absolute atomic E-state index is 10.6. The van der Waals surface area contributed by atoms with E-state index in [-0.39, 0.29) is 12.2 Å². The van der Waals surface area contributed by atoms with Gasteiger partial charge in [0.15, 0.2) is 0 Å². The first-order valence-electron chi connectivity index (χ1n) is 7.79. The highest BCUT2D eigenvalue weighted by molar-refractivity contribution is 5.59. The molecule has 0 heterocycles. The minimum atomic E-state index is -0.798. The van der Waals surface area contributed by atoms with Crippen molar-refractivity contribution >= 4 is 6.16 Å². The highest BCUT2D eigenvalue weighted by atomic mass is 17.2. The summed E-state index contributed by atoms with van der Waals surface area (Å²) in [5.74, 6) is 0. The molecule has 0 radical (unpaired) electrons. The Kier molecular flexibility index (Phi) is 12.0. The highest BCUT2D eigenvalue weighted by Crippen LogP contribution is 2.19. The molecule has 0 amide bonds. The lowest BCUT2D eigenvalue weighted by atomic mass is 9.92. The van der Waals surface area contributed by atoms with Crippen molar-refractivity contribution in [1.29, 1.82) is 0 Å². The molecular formula is C17H28O6. The Morgan fingerprint density at radius 1 is 0.957 bits per heavy atom. The predicted molar refractivity (Wildman–Crippen MR) is 87.3 cm³/mol. The van der Waals surface area contributed by atoms with Crippen LogP contribution in [0.15, 0.2) is 24.3 Å². The first kappa shape index (κ1) is 21.4. The molecule has 0 saturated heterocycles. The summed E-state index contributed by atoms with van der Waals surface area (Å²) in [5.41, 5.74) is 3.16. The van der Waals surface area contributed by atoms with Gasteiger partial charge in [0.1, 0.15) is 0 Å². The zero-order valence-electron chi connectivity index (χ0n) is 14.3. The van der Waals surface area contributed by atoms with Gasteiger partial charge in [0.25, 0.3) is 0 Å². The fourth-order valence-electron chi connectivity index (χ4n) is 2.02. The summed E-state index contributed by atoms with van der Waals surface area (Å²) in [6.45, 7) is 6.97. The van der Waals surface area contributed by atoms with E-state index in [4.69, 9.17) is 10.5 Å². The zero-order valence-corrected chi connectivity index (χ0v) is 14.3. The fourth-order valence-corrected chi connectivity index (χ4v) is 2.02. The van der Waals surface area contributed by atoms with E-state index >= 15 is 0 Å². The number of fused-ring (bicyclic) bond motifs is 1. The molecule has 0 unspecified atom stereocenters. The second-order valence-corrected chi connectivity index (χ2v) is 5.62. The molecule has 0 aromatic heterocycles. The summed E-state index contributed by atoms with van der Waals surface area (Å²) in [7, 11) is 0. The van der Waals surface area contributed by atoms with Gasteiger partial charge in [-0.15, -0.1) is 0 Å². The average Bonchev–Trinajstić information content (AvgIpc) is 2.55. The molecular weight excluding hydrogens is 300 g/mol. The third-order valence-corrected chi connectivity index (χ3v) is 2.90. The molecule has 23 heavy (non-hydrogen) atoms. The van der Waals surface area contributed by atoms with Crippen molar-refractivity contribution in [3.8, 4) is 0 Å². The molecule has 132 valence electrons. The van der Waals surface area contributed by atoms with Crippen LogP contribution in [0.4, 0.5) is 4.79 Å². The van der Waals surface area contributed by atoms with Crippen molar-refractivity contribution in [2.24, 2.45) is 0 Å². The number of aryl methyl sites for hydroxylation is 2. The molecule has 1 aromatic rings. The molecule has 0 spiro atoms. The molecule has 6 nitrogen and oxygen atoms in total. The summed E-state index contributed by atoms with van der Waals surface area (Å²) in [6.07, 6.45) is 4.25. The molecule has 0 fully saturated rings. The van der Waals surface area contributed by atoms with E-state index in [0.29, 0.717) is 0 Å². The number of carbonyl (C=O) groups is 1. The van der Waals surface area contributed by atoms with Gasteiger partial charge in [-0.1, -0.05) is 24.3 Å². The van der Waals surface area contributed by atoms with Crippen LogP contribution in [0.3, 0.4) is 0 Å². The lowest BCUT2D eigenvalue weighted by Crippen LogP contribution is -2.15. The topological polar surface area (TPSA) is 85.2 Å². The Morgan fingerprint density at radius 2 is 1.43 bits per heavy atom. The summed E-state index contributed by atoms with van der Waals surface area (Å²) in [5, 5.41) is 12.0. The van der Waals surface area contributed by atoms with E-state index in [1.165, 1.54) is 25.7 Å². The predicted octanol–water partition coefficient (Wildman–Crippen LogP) is 4.47. The number of rotatable bonds is 3. The van der Waals surface area contributed by atoms with Gasteiger partial charge in [0.2, 0.25) is 0 Å². The third-order valence-electron chi connectivity index (χ3n) is 2.90. The second-order valence-electron chi connectivity index (χ2n) is 5.62. The smallest absolute Gasteiger partial charge is 0.430 e. The lowest BCUT2D eigenvalue weighted by Gasteiger charge is -2.13. The van der Waals surface area contributed by atoms with Crippen LogP contribution >= 0.6 is 0 Å². The minimum absolute atomic E-state index is 0.144. The van der Waals surface area contributed by atoms with E-state index in [1.807, 2.05) is 0 Å². The zero-order chi connectivity index (χ0) is 17.7. The highest BCUT2D eigenvalue weighted by Gasteiger charge is 2.08. The summed E-state index contributed by atoms with van der Waals surface area (Å²) >= 11 is 0. The van der Waals surface area contributed by atoms with E-state index < -0.39 is 6.16 Å². The third kappa shape index (κ3) is 10.7. The standard InChI is InChI=1S/C10H12.C7H14O4.H2O2/c1-2-6-10-8-4-3-7-9(10)5-1;1-5(2)9-7(8)11-10-6(3)4;1-2/h1-2,5-6H,3-4,7-8H2;5-6H,1-4H3;1-2H. The Bertz CT molecular complexity index is 406. The van der Waals surface area contributed by atoms with Crippen LogP contribution in [-0.4, -0.2) is 28.9 Å². The van der Waals surface area contributed by atoms with Crippen LogP contribution in [-0.2, 0) is 27.4 Å². The van der Waals surface area contributed by atoms with Crippen LogP contribution < -0.4 is 0 Å². The van der Waals surface area contributed by atoms with Crippen LogP contribution in [0.25, 0.3) is 0 Å². The van der Waals surface area contributed by atoms with Crippen molar-refractivity contribution < 1.29 is 29.8 Å². The van der Waals surface area contributed by atoms with Gasteiger partial charge < -0.3 is 4.74 Å². The van der Waals surface area contributed by atoms with Gasteiger partial charge >= 0.3 is 6.16 Å². The van der Waals surface area contributed by atoms with E-state index in [2.05, 4.69) is 38.8 Å². The van der Waals surface area contributed by atoms with Gasteiger partial charge in [-0.05, 0) is 64.5 Å². The Balaban J connectivity index is 0.000000380. The molecule has 2 N–H and O–H groups in total. The van der Waals surface area contributed by atoms with Gasteiger partial charge in [0, 0.05) is 0 Å². The molecule has 0 atom stereocenters. The summed E-state index contributed by atoms with van der Waals surface area (Å²) in [4.78, 5) is 19.4. The SMILES string of the molecule is CC(C)OOC(=O)OC(C)C.OO.c1ccc2c(c1)CCCC2. The fraction of sp³-hybridized carbons (Fsp3) is 0.588. The molecule has 6 heteroatoms. The summed E-state index contributed by atoms with van der Waals surface area (Å²) in [6, 6.07) is 8.80. The quantitative estimate of drug-likeness (QED) is 0.484.